The zero-order valence-electron chi connectivity index (χ0n) is 20.4. The van der Waals surface area contributed by atoms with Crippen LogP contribution in [0, 0.1) is 11.8 Å². The van der Waals surface area contributed by atoms with E-state index in [1.807, 2.05) is 11.0 Å². The first-order valence-electron chi connectivity index (χ1n) is 13.8. The summed E-state index contributed by atoms with van der Waals surface area (Å²) in [5.41, 5.74) is -0.863. The summed E-state index contributed by atoms with van der Waals surface area (Å²) in [6.07, 6.45) is 6.42. The highest BCUT2D eigenvalue weighted by molar-refractivity contribution is 5.81. The van der Waals surface area contributed by atoms with Crippen LogP contribution in [-0.4, -0.2) is 60.1 Å². The second kappa shape index (κ2) is 7.22. The molecule has 5 fully saturated rings. The summed E-state index contributed by atoms with van der Waals surface area (Å²) in [5, 5.41) is 0. The van der Waals surface area contributed by atoms with E-state index in [1.165, 1.54) is 0 Å². The standard InChI is InChI=1S/C28H32FNO6/c29-27-9-10-28(33-13-14-34-28)25-26(27)11-12-30(23(31)16-3-1-4-16)20(27)15-18-7-8-19(22(36-25)21(18)26)35-24(32)17-5-2-6-17/h7-8,16-17,20,25H,1-6,9-15H2/t20-,25?,26+,27?/m1/s1. The Hall–Kier alpha value is -2.19. The summed E-state index contributed by atoms with van der Waals surface area (Å²) < 4.78 is 42.7. The van der Waals surface area contributed by atoms with Crippen LogP contribution in [0.1, 0.15) is 68.9 Å². The Morgan fingerprint density at radius 3 is 2.44 bits per heavy atom. The van der Waals surface area contributed by atoms with Gasteiger partial charge in [-0.2, -0.15) is 0 Å². The minimum absolute atomic E-state index is 0.0277. The number of esters is 1. The number of alkyl halides is 1. The summed E-state index contributed by atoms with van der Waals surface area (Å²) in [6.45, 7) is 1.38. The van der Waals surface area contributed by atoms with Gasteiger partial charge >= 0.3 is 5.97 Å². The predicted molar refractivity (Wildman–Crippen MR) is 124 cm³/mol. The smallest absolute Gasteiger partial charge is 0.314 e. The minimum atomic E-state index is -1.66. The van der Waals surface area contributed by atoms with Crippen molar-refractivity contribution >= 4 is 11.9 Å². The molecular weight excluding hydrogens is 465 g/mol. The molecule has 2 spiro atoms. The molecule has 2 bridgehead atoms. The van der Waals surface area contributed by atoms with Crippen molar-refractivity contribution in [3.8, 4) is 11.5 Å². The topological polar surface area (TPSA) is 74.3 Å². The van der Waals surface area contributed by atoms with E-state index in [-0.39, 0.29) is 30.1 Å². The van der Waals surface area contributed by atoms with Gasteiger partial charge in [0.05, 0.1) is 30.6 Å². The summed E-state index contributed by atoms with van der Waals surface area (Å²) in [7, 11) is 0. The number of benzene rings is 1. The fraction of sp³-hybridized carbons (Fsp3) is 0.714. The van der Waals surface area contributed by atoms with Crippen LogP contribution in [0.3, 0.4) is 0 Å². The molecule has 3 aliphatic heterocycles. The number of nitrogens with zero attached hydrogens (tertiary/aromatic N) is 1. The number of fused-ring (bicyclic) bond motifs is 1. The third kappa shape index (κ3) is 2.50. The van der Waals surface area contributed by atoms with Gasteiger partial charge in [-0.15, -0.1) is 0 Å². The van der Waals surface area contributed by atoms with E-state index in [0.717, 1.165) is 49.7 Å². The lowest BCUT2D eigenvalue weighted by Crippen LogP contribution is -2.78. The number of carbonyl (C=O) groups excluding carboxylic acids is 2. The molecule has 1 amide bonds. The zero-order chi connectivity index (χ0) is 24.3. The van der Waals surface area contributed by atoms with E-state index in [0.29, 0.717) is 50.5 Å². The number of rotatable bonds is 3. The fourth-order valence-electron chi connectivity index (χ4n) is 8.27. The molecule has 7 nitrogen and oxygen atoms in total. The van der Waals surface area contributed by atoms with Crippen molar-refractivity contribution in [1.82, 2.24) is 4.90 Å². The summed E-state index contributed by atoms with van der Waals surface area (Å²) in [5.74, 6) is -0.354. The first kappa shape index (κ1) is 21.9. The van der Waals surface area contributed by atoms with Gasteiger partial charge in [0.15, 0.2) is 17.6 Å². The Kier molecular flexibility index (Phi) is 4.38. The first-order chi connectivity index (χ1) is 17.5. The molecule has 3 saturated carbocycles. The third-order valence-corrected chi connectivity index (χ3v) is 10.5. The molecule has 0 aromatic heterocycles. The second-order valence-corrected chi connectivity index (χ2v) is 11.9. The van der Waals surface area contributed by atoms with Gasteiger partial charge in [0.2, 0.25) is 11.7 Å². The third-order valence-electron chi connectivity index (χ3n) is 10.5. The van der Waals surface area contributed by atoms with Gasteiger partial charge in [0, 0.05) is 24.4 Å². The lowest BCUT2D eigenvalue weighted by atomic mass is 9.49. The normalized spacial score (nSPS) is 37.6. The minimum Gasteiger partial charge on any atom is -0.479 e. The molecule has 2 saturated heterocycles. The quantitative estimate of drug-likeness (QED) is 0.470. The van der Waals surface area contributed by atoms with Crippen LogP contribution >= 0.6 is 0 Å². The van der Waals surface area contributed by atoms with Gasteiger partial charge in [0.1, 0.15) is 5.67 Å². The predicted octanol–water partition coefficient (Wildman–Crippen LogP) is 3.59. The molecule has 4 atom stereocenters. The van der Waals surface area contributed by atoms with E-state index < -0.39 is 29.0 Å². The number of hydrogen-bond acceptors (Lipinski definition) is 6. The Balaban J connectivity index is 1.27. The number of halogens is 1. The van der Waals surface area contributed by atoms with Crippen LogP contribution in [0.25, 0.3) is 0 Å². The van der Waals surface area contributed by atoms with Gasteiger partial charge < -0.3 is 23.8 Å². The number of carbonyl (C=O) groups is 2. The van der Waals surface area contributed by atoms with Crippen molar-refractivity contribution in [3.63, 3.8) is 0 Å². The number of piperidine rings is 1. The van der Waals surface area contributed by atoms with Gasteiger partial charge in [0.25, 0.3) is 0 Å². The number of amides is 1. The maximum Gasteiger partial charge on any atom is 0.314 e. The molecule has 7 aliphatic rings. The number of hydrogen-bond donors (Lipinski definition) is 0. The van der Waals surface area contributed by atoms with Crippen molar-refractivity contribution in [2.75, 3.05) is 19.8 Å². The number of ether oxygens (including phenoxy) is 4. The van der Waals surface area contributed by atoms with Crippen LogP contribution in [0.2, 0.25) is 0 Å². The molecular formula is C28H32FNO6. The molecule has 2 unspecified atom stereocenters. The number of likely N-dealkylation sites (tertiary alicyclic amines) is 1. The average molecular weight is 498 g/mol. The van der Waals surface area contributed by atoms with E-state index in [1.54, 1.807) is 6.07 Å². The van der Waals surface area contributed by atoms with Gasteiger partial charge in [-0.3, -0.25) is 9.59 Å². The van der Waals surface area contributed by atoms with E-state index in [9.17, 15) is 9.59 Å². The highest BCUT2D eigenvalue weighted by Gasteiger charge is 2.79. The average Bonchev–Trinajstić information content (AvgIpc) is 3.38. The molecule has 3 heterocycles. The molecule has 8 rings (SSSR count). The molecule has 4 aliphatic carbocycles. The molecule has 0 radical (unpaired) electrons. The van der Waals surface area contributed by atoms with E-state index >= 15 is 4.39 Å². The molecule has 0 N–H and O–H groups in total. The van der Waals surface area contributed by atoms with E-state index in [2.05, 4.69) is 0 Å². The molecule has 1 aromatic carbocycles. The summed E-state index contributed by atoms with van der Waals surface area (Å²) >= 11 is 0. The van der Waals surface area contributed by atoms with Gasteiger partial charge in [-0.25, -0.2) is 4.39 Å². The van der Waals surface area contributed by atoms with Crippen molar-refractivity contribution in [3.05, 3.63) is 23.3 Å². The largest absolute Gasteiger partial charge is 0.479 e. The van der Waals surface area contributed by atoms with E-state index in [4.69, 9.17) is 18.9 Å². The summed E-state index contributed by atoms with van der Waals surface area (Å²) in [6, 6.07) is 3.21. The van der Waals surface area contributed by atoms with Crippen molar-refractivity contribution < 1.29 is 32.9 Å². The summed E-state index contributed by atoms with van der Waals surface area (Å²) in [4.78, 5) is 28.1. The highest BCUT2D eigenvalue weighted by Crippen LogP contribution is 2.69. The van der Waals surface area contributed by atoms with Crippen molar-refractivity contribution in [2.45, 2.75) is 93.2 Å². The van der Waals surface area contributed by atoms with Gasteiger partial charge in [-0.1, -0.05) is 18.9 Å². The first-order valence-corrected chi connectivity index (χ1v) is 13.8. The van der Waals surface area contributed by atoms with Crippen molar-refractivity contribution in [2.24, 2.45) is 11.8 Å². The Morgan fingerprint density at radius 1 is 1.00 bits per heavy atom. The van der Waals surface area contributed by atoms with Gasteiger partial charge in [-0.05, 0) is 56.6 Å². The highest BCUT2D eigenvalue weighted by atomic mass is 19.1. The lowest BCUT2D eigenvalue weighted by molar-refractivity contribution is -0.281. The monoisotopic (exact) mass is 497 g/mol. The fourth-order valence-corrected chi connectivity index (χ4v) is 8.27. The Bertz CT molecular complexity index is 1160. The molecule has 192 valence electrons. The second-order valence-electron chi connectivity index (χ2n) is 11.9. The lowest BCUT2D eigenvalue weighted by Gasteiger charge is -2.64. The van der Waals surface area contributed by atoms with Crippen LogP contribution in [0.15, 0.2) is 12.1 Å². The Labute approximate surface area is 209 Å². The molecule has 1 aromatic rings. The van der Waals surface area contributed by atoms with Crippen LogP contribution < -0.4 is 9.47 Å². The van der Waals surface area contributed by atoms with Crippen LogP contribution in [0.4, 0.5) is 4.39 Å². The SMILES string of the molecule is O=C(Oc1ccc2c3c1OC1C4(CCC5(F)[C@@H](C2)N(C(=O)C2CCC2)CC[C@]315)OCCO4)C1CCC1. The molecule has 36 heavy (non-hydrogen) atoms. The van der Waals surface area contributed by atoms with Crippen molar-refractivity contribution in [1.29, 1.82) is 0 Å². The van der Waals surface area contributed by atoms with Crippen LogP contribution in [-0.2, 0) is 30.9 Å². The Morgan fingerprint density at radius 2 is 1.75 bits per heavy atom. The maximum atomic E-state index is 17.8. The van der Waals surface area contributed by atoms with Crippen LogP contribution in [0.5, 0.6) is 11.5 Å². The zero-order valence-corrected chi connectivity index (χ0v) is 20.4. The molecule has 8 heteroatoms. The maximum absolute atomic E-state index is 17.8.